The van der Waals surface area contributed by atoms with Gasteiger partial charge in [-0.15, -0.1) is 0 Å². The number of nitrogens with one attached hydrogen (secondary N) is 1. The molecular formula is C14H17F2N3O. The molecule has 20 heavy (non-hydrogen) atoms. The van der Waals surface area contributed by atoms with Gasteiger partial charge in [0.2, 0.25) is 0 Å². The largest absolute Gasteiger partial charge is 0.387 e. The highest BCUT2D eigenvalue weighted by molar-refractivity contribution is 5.21. The van der Waals surface area contributed by atoms with Gasteiger partial charge in [0.1, 0.15) is 0 Å². The van der Waals surface area contributed by atoms with Crippen LogP contribution in [0.4, 0.5) is 8.78 Å². The van der Waals surface area contributed by atoms with Crippen LogP contribution in [-0.4, -0.2) is 20.9 Å². The van der Waals surface area contributed by atoms with Gasteiger partial charge in [-0.2, -0.15) is 5.10 Å². The highest BCUT2D eigenvalue weighted by atomic mass is 19.2. The van der Waals surface area contributed by atoms with Crippen LogP contribution < -0.4 is 5.32 Å². The molecule has 2 aromatic rings. The normalized spacial score (nSPS) is 14.2. The van der Waals surface area contributed by atoms with E-state index in [2.05, 4.69) is 10.4 Å². The van der Waals surface area contributed by atoms with E-state index in [0.29, 0.717) is 12.1 Å². The molecule has 0 aliphatic rings. The average Bonchev–Trinajstić information content (AvgIpc) is 2.84. The number of nitrogens with zero attached hydrogens (tertiary/aromatic N) is 2. The van der Waals surface area contributed by atoms with Crippen molar-refractivity contribution in [3.8, 4) is 0 Å². The highest BCUT2D eigenvalue weighted by Crippen LogP contribution is 2.19. The molecule has 1 heterocycles. The van der Waals surface area contributed by atoms with Crippen LogP contribution in [0.5, 0.6) is 0 Å². The van der Waals surface area contributed by atoms with Crippen LogP contribution in [0.3, 0.4) is 0 Å². The Morgan fingerprint density at radius 1 is 1.35 bits per heavy atom. The minimum Gasteiger partial charge on any atom is -0.387 e. The molecule has 0 saturated heterocycles. The molecule has 0 fully saturated rings. The van der Waals surface area contributed by atoms with E-state index in [4.69, 9.17) is 0 Å². The second kappa shape index (κ2) is 6.11. The molecule has 0 saturated carbocycles. The molecule has 4 nitrogen and oxygen atoms in total. The molecule has 2 atom stereocenters. The quantitative estimate of drug-likeness (QED) is 0.880. The van der Waals surface area contributed by atoms with E-state index in [9.17, 15) is 13.9 Å². The van der Waals surface area contributed by atoms with Gasteiger partial charge in [0, 0.05) is 31.4 Å². The third kappa shape index (κ3) is 3.40. The molecule has 2 N–H and O–H groups in total. The Kier molecular flexibility index (Phi) is 4.46. The molecule has 0 aliphatic carbocycles. The summed E-state index contributed by atoms with van der Waals surface area (Å²) < 4.78 is 27.7. The smallest absolute Gasteiger partial charge is 0.159 e. The van der Waals surface area contributed by atoms with Gasteiger partial charge in [-0.05, 0) is 24.6 Å². The van der Waals surface area contributed by atoms with Gasteiger partial charge in [-0.25, -0.2) is 8.78 Å². The fourth-order valence-corrected chi connectivity index (χ4v) is 1.94. The first-order chi connectivity index (χ1) is 9.47. The van der Waals surface area contributed by atoms with E-state index >= 15 is 0 Å². The Labute approximate surface area is 116 Å². The number of aromatic nitrogens is 2. The zero-order chi connectivity index (χ0) is 14.7. The number of rotatable bonds is 5. The van der Waals surface area contributed by atoms with Crippen molar-refractivity contribution in [2.24, 2.45) is 7.05 Å². The maximum absolute atomic E-state index is 13.1. The molecule has 1 aromatic carbocycles. The standard InChI is InChI=1S/C14H17F2N3O/c1-9(17-6-10-7-18-19(2)8-10)14(20)11-3-4-12(15)13(16)5-11/h3-5,7-9,14,17,20H,6H2,1-2H3/t9-,14-/m0/s1. The zero-order valence-corrected chi connectivity index (χ0v) is 11.3. The van der Waals surface area contributed by atoms with E-state index < -0.39 is 17.7 Å². The number of aryl methyl sites for hydroxylation is 1. The van der Waals surface area contributed by atoms with Crippen molar-refractivity contribution in [3.05, 3.63) is 53.4 Å². The highest BCUT2D eigenvalue weighted by Gasteiger charge is 2.17. The van der Waals surface area contributed by atoms with Gasteiger partial charge in [0.15, 0.2) is 11.6 Å². The third-order valence-electron chi connectivity index (χ3n) is 3.15. The molecule has 0 radical (unpaired) electrons. The molecule has 2 rings (SSSR count). The van der Waals surface area contributed by atoms with Gasteiger partial charge in [-0.3, -0.25) is 4.68 Å². The molecule has 1 aromatic heterocycles. The minimum absolute atomic E-state index is 0.305. The Hall–Kier alpha value is -1.79. The van der Waals surface area contributed by atoms with Crippen LogP contribution in [0, 0.1) is 11.6 Å². The summed E-state index contributed by atoms with van der Waals surface area (Å²) in [6, 6.07) is 3.11. The fraction of sp³-hybridized carbons (Fsp3) is 0.357. The molecule has 108 valence electrons. The van der Waals surface area contributed by atoms with Gasteiger partial charge in [0.05, 0.1) is 12.3 Å². The molecule has 0 spiro atoms. The maximum Gasteiger partial charge on any atom is 0.159 e. The molecule has 6 heteroatoms. The van der Waals surface area contributed by atoms with E-state index in [1.54, 1.807) is 17.8 Å². The lowest BCUT2D eigenvalue weighted by Crippen LogP contribution is -2.31. The van der Waals surface area contributed by atoms with Crippen LogP contribution in [-0.2, 0) is 13.6 Å². The number of benzene rings is 1. The van der Waals surface area contributed by atoms with Crippen molar-refractivity contribution in [1.82, 2.24) is 15.1 Å². The lowest BCUT2D eigenvalue weighted by atomic mass is 10.0. The Bertz CT molecular complexity index is 586. The van der Waals surface area contributed by atoms with E-state index in [0.717, 1.165) is 17.7 Å². The van der Waals surface area contributed by atoms with Crippen LogP contribution >= 0.6 is 0 Å². The van der Waals surface area contributed by atoms with E-state index in [1.165, 1.54) is 6.07 Å². The number of hydrogen-bond acceptors (Lipinski definition) is 3. The predicted molar refractivity (Wildman–Crippen MR) is 70.8 cm³/mol. The van der Waals surface area contributed by atoms with Crippen molar-refractivity contribution in [1.29, 1.82) is 0 Å². The second-order valence-electron chi connectivity index (χ2n) is 4.81. The number of aliphatic hydroxyl groups excluding tert-OH is 1. The van der Waals surface area contributed by atoms with Crippen molar-refractivity contribution < 1.29 is 13.9 Å². The minimum atomic E-state index is -0.957. The van der Waals surface area contributed by atoms with Gasteiger partial charge in [-0.1, -0.05) is 6.07 Å². The SMILES string of the molecule is C[C@H](NCc1cnn(C)c1)[C@H](O)c1ccc(F)c(F)c1. The maximum atomic E-state index is 13.1. The van der Waals surface area contributed by atoms with E-state index in [1.807, 2.05) is 13.2 Å². The first kappa shape index (κ1) is 14.6. The summed E-state index contributed by atoms with van der Waals surface area (Å²) in [6.07, 6.45) is 2.68. The first-order valence-electron chi connectivity index (χ1n) is 6.31. The lowest BCUT2D eigenvalue weighted by molar-refractivity contribution is 0.135. The molecule has 0 bridgehead atoms. The summed E-state index contributed by atoms with van der Waals surface area (Å²) in [7, 11) is 1.82. The lowest BCUT2D eigenvalue weighted by Gasteiger charge is -2.20. The molecular weight excluding hydrogens is 264 g/mol. The van der Waals surface area contributed by atoms with Crippen molar-refractivity contribution >= 4 is 0 Å². The first-order valence-corrected chi connectivity index (χ1v) is 6.31. The number of halogens is 2. The topological polar surface area (TPSA) is 50.1 Å². The Morgan fingerprint density at radius 2 is 2.10 bits per heavy atom. The Balaban J connectivity index is 1.97. The van der Waals surface area contributed by atoms with Gasteiger partial charge < -0.3 is 10.4 Å². The van der Waals surface area contributed by atoms with Crippen molar-refractivity contribution in [2.75, 3.05) is 0 Å². The van der Waals surface area contributed by atoms with E-state index in [-0.39, 0.29) is 6.04 Å². The summed E-state index contributed by atoms with van der Waals surface area (Å²) in [6.45, 7) is 2.32. The van der Waals surface area contributed by atoms with Crippen LogP contribution in [0.15, 0.2) is 30.6 Å². The van der Waals surface area contributed by atoms with Crippen LogP contribution in [0.1, 0.15) is 24.2 Å². The second-order valence-corrected chi connectivity index (χ2v) is 4.81. The number of hydrogen-bond donors (Lipinski definition) is 2. The van der Waals surface area contributed by atoms with Crippen LogP contribution in [0.2, 0.25) is 0 Å². The van der Waals surface area contributed by atoms with Gasteiger partial charge >= 0.3 is 0 Å². The monoisotopic (exact) mass is 281 g/mol. The van der Waals surface area contributed by atoms with Gasteiger partial charge in [0.25, 0.3) is 0 Å². The third-order valence-corrected chi connectivity index (χ3v) is 3.15. The average molecular weight is 281 g/mol. The summed E-state index contributed by atoms with van der Waals surface area (Å²) in [5.41, 5.74) is 1.33. The predicted octanol–water partition coefficient (Wildman–Crippen LogP) is 1.91. The molecule has 0 unspecified atom stereocenters. The summed E-state index contributed by atoms with van der Waals surface area (Å²) in [4.78, 5) is 0. The van der Waals surface area contributed by atoms with Crippen molar-refractivity contribution in [2.45, 2.75) is 25.6 Å². The van der Waals surface area contributed by atoms with Crippen LogP contribution in [0.25, 0.3) is 0 Å². The molecule has 0 aliphatic heterocycles. The summed E-state index contributed by atoms with van der Waals surface area (Å²) in [5.74, 6) is -1.88. The summed E-state index contributed by atoms with van der Waals surface area (Å²) in [5, 5.41) is 17.3. The Morgan fingerprint density at radius 3 is 2.70 bits per heavy atom. The number of aliphatic hydroxyl groups is 1. The summed E-state index contributed by atoms with van der Waals surface area (Å²) >= 11 is 0. The fourth-order valence-electron chi connectivity index (χ4n) is 1.94. The molecule has 0 amide bonds. The zero-order valence-electron chi connectivity index (χ0n) is 11.3. The van der Waals surface area contributed by atoms with Crippen molar-refractivity contribution in [3.63, 3.8) is 0 Å².